The van der Waals surface area contributed by atoms with Gasteiger partial charge in [0.2, 0.25) is 0 Å². The van der Waals surface area contributed by atoms with E-state index in [0.717, 1.165) is 16.9 Å². The minimum absolute atomic E-state index is 0.0980. The Morgan fingerprint density at radius 1 is 1.08 bits per heavy atom. The summed E-state index contributed by atoms with van der Waals surface area (Å²) in [6.07, 6.45) is 0. The maximum atomic E-state index is 9.81. The number of benzene rings is 1. The third kappa shape index (κ3) is 5.12. The number of phenols is 1. The molecule has 1 N–H and O–H groups in total. The Kier molecular flexibility index (Phi) is 6.34. The molecule has 3 nitrogen and oxygen atoms in total. The molecule has 0 amide bonds. The summed E-state index contributed by atoms with van der Waals surface area (Å²) in [4.78, 5) is 0. The van der Waals surface area contributed by atoms with Crippen molar-refractivity contribution in [1.29, 1.82) is 0 Å². The van der Waals surface area contributed by atoms with E-state index < -0.39 is 8.32 Å². The van der Waals surface area contributed by atoms with Crippen molar-refractivity contribution in [2.24, 2.45) is 5.41 Å². The van der Waals surface area contributed by atoms with E-state index in [1.807, 2.05) is 12.1 Å². The lowest BCUT2D eigenvalue weighted by molar-refractivity contribution is 0.276. The first kappa shape index (κ1) is 20.8. The molecule has 0 bridgehead atoms. The van der Waals surface area contributed by atoms with Crippen LogP contribution < -0.4 is 0 Å². The molecule has 0 unspecified atom stereocenters. The lowest BCUT2D eigenvalue weighted by atomic mass is 9.84. The van der Waals surface area contributed by atoms with Crippen molar-refractivity contribution in [3.05, 3.63) is 35.4 Å². The fourth-order valence-corrected chi connectivity index (χ4v) is 3.09. The SMILES string of the molecule is CO/C(=C(\CO[Si](C)(C)C(C)(C)C)C(C)(C)C)c1cccc(O)c1. The van der Waals surface area contributed by atoms with Crippen LogP contribution in [0.5, 0.6) is 5.75 Å². The average molecular weight is 351 g/mol. The minimum Gasteiger partial charge on any atom is -0.508 e. The second-order valence-electron chi connectivity index (χ2n) is 8.86. The first-order valence-electron chi connectivity index (χ1n) is 8.50. The van der Waals surface area contributed by atoms with Gasteiger partial charge in [0.25, 0.3) is 0 Å². The molecule has 24 heavy (non-hydrogen) atoms. The Bertz CT molecular complexity index is 590. The van der Waals surface area contributed by atoms with Crippen molar-refractivity contribution < 1.29 is 14.3 Å². The summed E-state index contributed by atoms with van der Waals surface area (Å²) in [6, 6.07) is 7.19. The lowest BCUT2D eigenvalue weighted by Gasteiger charge is -2.38. The van der Waals surface area contributed by atoms with Gasteiger partial charge < -0.3 is 14.3 Å². The van der Waals surface area contributed by atoms with Crippen molar-refractivity contribution in [3.8, 4) is 5.75 Å². The molecule has 0 spiro atoms. The van der Waals surface area contributed by atoms with Crippen LogP contribution in [0.4, 0.5) is 0 Å². The van der Waals surface area contributed by atoms with Gasteiger partial charge in [-0.15, -0.1) is 0 Å². The van der Waals surface area contributed by atoms with Gasteiger partial charge in [0.1, 0.15) is 11.5 Å². The van der Waals surface area contributed by atoms with Gasteiger partial charge in [-0.1, -0.05) is 53.7 Å². The van der Waals surface area contributed by atoms with E-state index in [1.54, 1.807) is 19.2 Å². The van der Waals surface area contributed by atoms with Crippen LogP contribution in [0.15, 0.2) is 29.8 Å². The highest BCUT2D eigenvalue weighted by Crippen LogP contribution is 2.39. The molecule has 0 aromatic heterocycles. The van der Waals surface area contributed by atoms with Gasteiger partial charge in [-0.2, -0.15) is 0 Å². The van der Waals surface area contributed by atoms with Gasteiger partial charge >= 0.3 is 0 Å². The molecule has 4 heteroatoms. The normalized spacial score (nSPS) is 14.4. The molecule has 0 saturated heterocycles. The van der Waals surface area contributed by atoms with E-state index in [1.165, 1.54) is 0 Å². The van der Waals surface area contributed by atoms with E-state index >= 15 is 0 Å². The van der Waals surface area contributed by atoms with Gasteiger partial charge in [0, 0.05) is 11.1 Å². The number of hydrogen-bond donors (Lipinski definition) is 1. The molecule has 0 atom stereocenters. The summed E-state index contributed by atoms with van der Waals surface area (Å²) in [6.45, 7) is 18.3. The summed E-state index contributed by atoms with van der Waals surface area (Å²) in [5, 5.41) is 9.97. The van der Waals surface area contributed by atoms with Gasteiger partial charge in [-0.3, -0.25) is 0 Å². The highest BCUT2D eigenvalue weighted by Gasteiger charge is 2.38. The first-order valence-corrected chi connectivity index (χ1v) is 11.4. The topological polar surface area (TPSA) is 38.7 Å². The van der Waals surface area contributed by atoms with Gasteiger partial charge in [0.05, 0.1) is 13.7 Å². The van der Waals surface area contributed by atoms with E-state index in [2.05, 4.69) is 54.6 Å². The zero-order chi connectivity index (χ0) is 18.8. The molecule has 0 saturated carbocycles. The number of hydrogen-bond acceptors (Lipinski definition) is 3. The maximum Gasteiger partial charge on any atom is 0.192 e. The monoisotopic (exact) mass is 350 g/mol. The molecule has 0 radical (unpaired) electrons. The summed E-state index contributed by atoms with van der Waals surface area (Å²) in [5.74, 6) is 1.03. The first-order chi connectivity index (χ1) is 10.8. The van der Waals surface area contributed by atoms with Crippen LogP contribution in [0.25, 0.3) is 5.76 Å². The van der Waals surface area contributed by atoms with E-state index in [9.17, 15) is 5.11 Å². The molecule has 0 heterocycles. The Balaban J connectivity index is 3.30. The molecule has 0 aliphatic carbocycles. The van der Waals surface area contributed by atoms with Crippen molar-refractivity contribution in [2.45, 2.75) is 59.7 Å². The molecule has 0 fully saturated rings. The third-order valence-electron chi connectivity index (χ3n) is 4.88. The Labute approximate surface area is 148 Å². The smallest absolute Gasteiger partial charge is 0.192 e. The fraction of sp³-hybridized carbons (Fsp3) is 0.600. The van der Waals surface area contributed by atoms with Crippen LogP contribution >= 0.6 is 0 Å². The number of rotatable bonds is 5. The molecule has 1 rings (SSSR count). The summed E-state index contributed by atoms with van der Waals surface area (Å²) in [7, 11) is -0.178. The summed E-state index contributed by atoms with van der Waals surface area (Å²) in [5.41, 5.74) is 1.89. The number of phenolic OH excluding ortho intramolecular Hbond substituents is 1. The highest BCUT2D eigenvalue weighted by molar-refractivity contribution is 6.74. The van der Waals surface area contributed by atoms with Crippen molar-refractivity contribution in [2.75, 3.05) is 13.7 Å². The Hall–Kier alpha value is -1.26. The quantitative estimate of drug-likeness (QED) is 0.537. The molecular formula is C20H34O3Si. The zero-order valence-electron chi connectivity index (χ0n) is 16.8. The average Bonchev–Trinajstić information content (AvgIpc) is 2.40. The number of aromatic hydroxyl groups is 1. The number of ether oxygens (including phenoxy) is 1. The predicted molar refractivity (Wildman–Crippen MR) is 105 cm³/mol. The van der Waals surface area contributed by atoms with E-state index in [-0.39, 0.29) is 16.2 Å². The standard InChI is InChI=1S/C20H34O3Si/c1-19(2,3)17(14-23-24(8,9)20(4,5)6)18(22-7)15-11-10-12-16(21)13-15/h10-13,21H,14H2,1-9H3/b18-17+. The van der Waals surface area contributed by atoms with Crippen LogP contribution in [0.1, 0.15) is 47.1 Å². The molecule has 1 aromatic rings. The minimum atomic E-state index is -1.86. The predicted octanol–water partition coefficient (Wildman–Crippen LogP) is 5.82. The van der Waals surface area contributed by atoms with Gasteiger partial charge in [0.15, 0.2) is 8.32 Å². The van der Waals surface area contributed by atoms with Crippen LogP contribution in [0, 0.1) is 5.41 Å². The summed E-state index contributed by atoms with van der Waals surface area (Å²) < 4.78 is 12.2. The van der Waals surface area contributed by atoms with Crippen molar-refractivity contribution >= 4 is 14.1 Å². The van der Waals surface area contributed by atoms with Gasteiger partial charge in [-0.25, -0.2) is 0 Å². The van der Waals surface area contributed by atoms with Crippen molar-refractivity contribution in [1.82, 2.24) is 0 Å². The second kappa shape index (κ2) is 7.32. The third-order valence-corrected chi connectivity index (χ3v) is 9.35. The zero-order valence-corrected chi connectivity index (χ0v) is 17.8. The van der Waals surface area contributed by atoms with Crippen LogP contribution in [0.3, 0.4) is 0 Å². The van der Waals surface area contributed by atoms with Crippen LogP contribution in [-0.2, 0) is 9.16 Å². The Morgan fingerprint density at radius 3 is 2.08 bits per heavy atom. The van der Waals surface area contributed by atoms with Gasteiger partial charge in [-0.05, 0) is 35.7 Å². The number of methoxy groups -OCH3 is 1. The maximum absolute atomic E-state index is 9.81. The second-order valence-corrected chi connectivity index (χ2v) is 13.7. The Morgan fingerprint density at radius 2 is 1.67 bits per heavy atom. The lowest BCUT2D eigenvalue weighted by Crippen LogP contribution is -2.42. The molecular weight excluding hydrogens is 316 g/mol. The molecule has 0 aliphatic heterocycles. The van der Waals surface area contributed by atoms with Crippen molar-refractivity contribution in [3.63, 3.8) is 0 Å². The van der Waals surface area contributed by atoms with Crippen LogP contribution in [0.2, 0.25) is 18.1 Å². The van der Waals surface area contributed by atoms with E-state index in [0.29, 0.717) is 6.61 Å². The van der Waals surface area contributed by atoms with Crippen LogP contribution in [-0.4, -0.2) is 27.1 Å². The van der Waals surface area contributed by atoms with E-state index in [4.69, 9.17) is 9.16 Å². The molecule has 136 valence electrons. The highest BCUT2D eigenvalue weighted by atomic mass is 28.4. The summed E-state index contributed by atoms with van der Waals surface area (Å²) >= 11 is 0. The fourth-order valence-electron chi connectivity index (χ4n) is 2.15. The molecule has 0 aliphatic rings. The largest absolute Gasteiger partial charge is 0.508 e. The molecule has 1 aromatic carbocycles.